The molecule has 1 aliphatic heterocycles. The summed E-state index contributed by atoms with van der Waals surface area (Å²) in [6, 6.07) is 7.66. The number of benzene rings is 1. The Bertz CT molecular complexity index is 675. The summed E-state index contributed by atoms with van der Waals surface area (Å²) < 4.78 is 1.65. The molecule has 5 heteroatoms. The number of nitrogens with zero attached hydrogens (tertiary/aromatic N) is 3. The monoisotopic (exact) mass is 270 g/mol. The number of carbonyl (C=O) groups is 1. The van der Waals surface area contributed by atoms with Gasteiger partial charge in [0, 0.05) is 13.6 Å². The highest BCUT2D eigenvalue weighted by Gasteiger charge is 2.29. The molecular weight excluding hydrogens is 252 g/mol. The third-order valence-electron chi connectivity index (χ3n) is 3.78. The van der Waals surface area contributed by atoms with E-state index in [1.807, 2.05) is 31.2 Å². The van der Waals surface area contributed by atoms with E-state index in [9.17, 15) is 4.79 Å². The Hall–Kier alpha value is -2.30. The molecular formula is C15H18N4O. The smallest absolute Gasteiger partial charge is 0.276 e. The van der Waals surface area contributed by atoms with E-state index in [-0.39, 0.29) is 5.91 Å². The average molecular weight is 270 g/mol. The van der Waals surface area contributed by atoms with Crippen LogP contribution in [0, 0.1) is 0 Å². The van der Waals surface area contributed by atoms with Crippen molar-refractivity contribution in [2.45, 2.75) is 19.8 Å². The number of rotatable bonds is 2. The Morgan fingerprint density at radius 3 is 2.95 bits per heavy atom. The van der Waals surface area contributed by atoms with Gasteiger partial charge in [-0.05, 0) is 30.5 Å². The van der Waals surface area contributed by atoms with Gasteiger partial charge in [-0.2, -0.15) is 5.10 Å². The number of aromatic nitrogens is 2. The molecule has 2 N–H and O–H groups in total. The van der Waals surface area contributed by atoms with Crippen LogP contribution in [0.15, 0.2) is 24.3 Å². The Labute approximate surface area is 118 Å². The molecule has 0 fully saturated rings. The first kappa shape index (κ1) is 12.7. The van der Waals surface area contributed by atoms with Crippen molar-refractivity contribution in [1.82, 2.24) is 9.78 Å². The lowest BCUT2D eigenvalue weighted by molar-refractivity contribution is 0.0980. The maximum Gasteiger partial charge on any atom is 0.276 e. The third-order valence-corrected chi connectivity index (χ3v) is 3.78. The molecule has 0 spiro atoms. The molecule has 0 bridgehead atoms. The molecule has 3 rings (SSSR count). The van der Waals surface area contributed by atoms with Crippen LogP contribution in [0.25, 0.3) is 0 Å². The number of nitrogen functional groups attached to an aromatic ring is 1. The molecule has 1 aliphatic rings. The van der Waals surface area contributed by atoms with E-state index in [0.29, 0.717) is 17.9 Å². The van der Waals surface area contributed by atoms with Gasteiger partial charge in [-0.3, -0.25) is 9.48 Å². The first-order valence-corrected chi connectivity index (χ1v) is 6.84. The quantitative estimate of drug-likeness (QED) is 0.846. The second-order valence-corrected chi connectivity index (χ2v) is 5.06. The second-order valence-electron chi connectivity index (χ2n) is 5.06. The number of nitrogens with two attached hydrogens (primary N) is 1. The summed E-state index contributed by atoms with van der Waals surface area (Å²) in [6.07, 6.45) is 1.67. The second kappa shape index (κ2) is 4.67. The normalized spacial score (nSPS) is 13.6. The largest absolute Gasteiger partial charge is 0.397 e. The van der Waals surface area contributed by atoms with E-state index in [1.165, 1.54) is 0 Å². The van der Waals surface area contributed by atoms with E-state index in [0.717, 1.165) is 29.8 Å². The summed E-state index contributed by atoms with van der Waals surface area (Å²) in [5.41, 5.74) is 10.2. The molecule has 0 saturated heterocycles. The van der Waals surface area contributed by atoms with Gasteiger partial charge in [0.25, 0.3) is 5.91 Å². The molecule has 20 heavy (non-hydrogen) atoms. The molecule has 2 heterocycles. The minimum Gasteiger partial charge on any atom is -0.397 e. The first-order chi connectivity index (χ1) is 9.61. The van der Waals surface area contributed by atoms with Crippen LogP contribution in [-0.2, 0) is 19.9 Å². The summed E-state index contributed by atoms with van der Waals surface area (Å²) in [6.45, 7) is 2.70. The van der Waals surface area contributed by atoms with E-state index in [4.69, 9.17) is 5.73 Å². The predicted octanol–water partition coefficient (Wildman–Crippen LogP) is 1.77. The topological polar surface area (TPSA) is 64.2 Å². The summed E-state index contributed by atoms with van der Waals surface area (Å²) in [4.78, 5) is 14.5. The van der Waals surface area contributed by atoms with Crippen LogP contribution in [0.3, 0.4) is 0 Å². The molecule has 104 valence electrons. The van der Waals surface area contributed by atoms with E-state index in [2.05, 4.69) is 5.10 Å². The number of fused-ring (bicyclic) bond motifs is 1. The highest BCUT2D eigenvalue weighted by Crippen LogP contribution is 2.34. The molecule has 1 aromatic heterocycles. The Kier molecular flexibility index (Phi) is 2.97. The standard InChI is InChI=1S/C15H18N4O/c1-3-11-9-13(18(2)17-11)15(20)19-8-7-10-5-4-6-12(16)14(10)19/h4-6,9H,3,7-8,16H2,1-2H3. The number of amides is 1. The lowest BCUT2D eigenvalue weighted by atomic mass is 10.1. The molecule has 0 aliphatic carbocycles. The molecule has 5 nitrogen and oxygen atoms in total. The van der Waals surface area contributed by atoms with Gasteiger partial charge in [0.15, 0.2) is 0 Å². The summed E-state index contributed by atoms with van der Waals surface area (Å²) in [5, 5.41) is 4.34. The molecule has 0 radical (unpaired) electrons. The zero-order chi connectivity index (χ0) is 14.3. The fourth-order valence-electron chi connectivity index (χ4n) is 2.73. The fraction of sp³-hybridized carbons (Fsp3) is 0.333. The summed E-state index contributed by atoms with van der Waals surface area (Å²) >= 11 is 0. The Morgan fingerprint density at radius 2 is 2.25 bits per heavy atom. The minimum absolute atomic E-state index is 0.0312. The summed E-state index contributed by atoms with van der Waals surface area (Å²) in [7, 11) is 1.80. The van der Waals surface area contributed by atoms with Gasteiger partial charge in [0.1, 0.15) is 5.69 Å². The highest BCUT2D eigenvalue weighted by molar-refractivity contribution is 6.08. The van der Waals surface area contributed by atoms with Crippen LogP contribution in [0.4, 0.5) is 11.4 Å². The molecule has 2 aromatic rings. The van der Waals surface area contributed by atoms with Gasteiger partial charge in [0.2, 0.25) is 0 Å². The van der Waals surface area contributed by atoms with Gasteiger partial charge in [0.05, 0.1) is 17.1 Å². The van der Waals surface area contributed by atoms with E-state index >= 15 is 0 Å². The van der Waals surface area contributed by atoms with Gasteiger partial charge < -0.3 is 10.6 Å². The number of para-hydroxylation sites is 1. The average Bonchev–Trinajstić information content (AvgIpc) is 3.02. The van der Waals surface area contributed by atoms with Gasteiger partial charge in [-0.15, -0.1) is 0 Å². The van der Waals surface area contributed by atoms with E-state index < -0.39 is 0 Å². The van der Waals surface area contributed by atoms with E-state index in [1.54, 1.807) is 16.6 Å². The number of hydrogen-bond donors (Lipinski definition) is 1. The van der Waals surface area contributed by atoms with Crippen molar-refractivity contribution in [1.29, 1.82) is 0 Å². The maximum atomic E-state index is 12.7. The van der Waals surface area contributed by atoms with Crippen LogP contribution in [0.5, 0.6) is 0 Å². The van der Waals surface area contributed by atoms with Crippen LogP contribution < -0.4 is 10.6 Å². The Morgan fingerprint density at radius 1 is 1.45 bits per heavy atom. The van der Waals surface area contributed by atoms with Crippen LogP contribution in [-0.4, -0.2) is 22.2 Å². The number of carbonyl (C=O) groups excluding carboxylic acids is 1. The van der Waals surface area contributed by atoms with Gasteiger partial charge in [-0.1, -0.05) is 19.1 Å². The molecule has 0 saturated carbocycles. The van der Waals surface area contributed by atoms with Crippen molar-refractivity contribution in [3.63, 3.8) is 0 Å². The Balaban J connectivity index is 1.99. The maximum absolute atomic E-state index is 12.7. The van der Waals surface area contributed by atoms with Crippen molar-refractivity contribution in [3.8, 4) is 0 Å². The van der Waals surface area contributed by atoms with Crippen LogP contribution in [0.1, 0.15) is 28.7 Å². The lowest BCUT2D eigenvalue weighted by Gasteiger charge is -2.18. The number of aryl methyl sites for hydroxylation is 2. The van der Waals surface area contributed by atoms with Crippen molar-refractivity contribution >= 4 is 17.3 Å². The molecule has 0 unspecified atom stereocenters. The van der Waals surface area contributed by atoms with Gasteiger partial charge >= 0.3 is 0 Å². The first-order valence-electron chi connectivity index (χ1n) is 6.84. The van der Waals surface area contributed by atoms with Crippen molar-refractivity contribution in [2.75, 3.05) is 17.2 Å². The minimum atomic E-state index is -0.0312. The fourth-order valence-corrected chi connectivity index (χ4v) is 2.73. The third kappa shape index (κ3) is 1.86. The van der Waals surface area contributed by atoms with Crippen molar-refractivity contribution in [2.24, 2.45) is 7.05 Å². The SMILES string of the molecule is CCc1cc(C(=O)N2CCc3cccc(N)c32)n(C)n1. The zero-order valence-corrected chi connectivity index (χ0v) is 11.8. The van der Waals surface area contributed by atoms with Crippen molar-refractivity contribution in [3.05, 3.63) is 41.2 Å². The molecule has 0 atom stereocenters. The van der Waals surface area contributed by atoms with Crippen molar-refractivity contribution < 1.29 is 4.79 Å². The lowest BCUT2D eigenvalue weighted by Crippen LogP contribution is -2.31. The van der Waals surface area contributed by atoms with Gasteiger partial charge in [-0.25, -0.2) is 0 Å². The highest BCUT2D eigenvalue weighted by atomic mass is 16.2. The zero-order valence-electron chi connectivity index (χ0n) is 11.8. The predicted molar refractivity (Wildman–Crippen MR) is 78.8 cm³/mol. The summed E-state index contributed by atoms with van der Waals surface area (Å²) in [5.74, 6) is -0.0312. The number of hydrogen-bond acceptors (Lipinski definition) is 3. The molecule has 1 amide bonds. The number of anilines is 2. The van der Waals surface area contributed by atoms with Crippen LogP contribution >= 0.6 is 0 Å². The molecule has 1 aromatic carbocycles. The van der Waals surface area contributed by atoms with Crippen LogP contribution in [0.2, 0.25) is 0 Å².